The van der Waals surface area contributed by atoms with E-state index >= 15 is 0 Å². The number of nitrogens with zero attached hydrogens (tertiary/aromatic N) is 1. The Morgan fingerprint density at radius 3 is 2.62 bits per heavy atom. The summed E-state index contributed by atoms with van der Waals surface area (Å²) in [4.78, 5) is 16.0. The molecule has 2 aromatic rings. The number of hydrogen-bond donors (Lipinski definition) is 1. The molecule has 1 amide bonds. The second kappa shape index (κ2) is 9.13. The highest BCUT2D eigenvalue weighted by molar-refractivity contribution is 9.10. The van der Waals surface area contributed by atoms with Crippen molar-refractivity contribution in [2.24, 2.45) is 0 Å². The molecule has 0 saturated carbocycles. The van der Waals surface area contributed by atoms with E-state index in [1.807, 2.05) is 49.4 Å². The first-order valence-electron chi connectivity index (χ1n) is 8.38. The van der Waals surface area contributed by atoms with E-state index < -0.39 is 0 Å². The van der Waals surface area contributed by atoms with Crippen molar-refractivity contribution < 1.29 is 9.53 Å². The topological polar surface area (TPSA) is 41.6 Å². The summed E-state index contributed by atoms with van der Waals surface area (Å²) in [6.45, 7) is 4.94. The molecule has 1 unspecified atom stereocenters. The maximum absolute atomic E-state index is 12.7. The van der Waals surface area contributed by atoms with Gasteiger partial charge in [0.05, 0.1) is 29.8 Å². The first-order chi connectivity index (χ1) is 12.5. The number of benzene rings is 2. The molecule has 0 radical (unpaired) electrons. The van der Waals surface area contributed by atoms with Gasteiger partial charge in [-0.05, 0) is 49.4 Å². The summed E-state index contributed by atoms with van der Waals surface area (Å²) in [6.07, 6.45) is 0. The quantitative estimate of drug-likeness (QED) is 0.640. The van der Waals surface area contributed by atoms with Gasteiger partial charge in [-0.15, -0.1) is 11.8 Å². The molecule has 1 saturated heterocycles. The lowest BCUT2D eigenvalue weighted by Crippen LogP contribution is -2.37. The van der Waals surface area contributed by atoms with Crippen LogP contribution >= 0.6 is 39.3 Å². The van der Waals surface area contributed by atoms with Crippen LogP contribution in [-0.4, -0.2) is 37.5 Å². The molecule has 26 heavy (non-hydrogen) atoms. The van der Waals surface area contributed by atoms with Gasteiger partial charge in [0.2, 0.25) is 5.91 Å². The first-order valence-corrected chi connectivity index (χ1v) is 10.4. The third-order valence-electron chi connectivity index (χ3n) is 4.06. The average molecular weight is 456 g/mol. The third-order valence-corrected chi connectivity index (χ3v) is 5.92. The lowest BCUT2D eigenvalue weighted by molar-refractivity contribution is -0.115. The van der Waals surface area contributed by atoms with Crippen LogP contribution in [0.1, 0.15) is 6.92 Å². The molecule has 1 atom stereocenters. The Morgan fingerprint density at radius 1 is 1.23 bits per heavy atom. The summed E-state index contributed by atoms with van der Waals surface area (Å²) < 4.78 is 6.36. The summed E-state index contributed by atoms with van der Waals surface area (Å²) in [5, 5.41) is 3.54. The van der Waals surface area contributed by atoms with Crippen molar-refractivity contribution in [3.05, 3.63) is 52.0 Å². The highest BCUT2D eigenvalue weighted by Crippen LogP contribution is 2.31. The van der Waals surface area contributed by atoms with Gasteiger partial charge in [0.25, 0.3) is 0 Å². The summed E-state index contributed by atoms with van der Waals surface area (Å²) in [7, 11) is 0. The molecular formula is C19H20BrClN2O2S. The van der Waals surface area contributed by atoms with Crippen molar-refractivity contribution in [2.45, 2.75) is 17.1 Å². The first kappa shape index (κ1) is 19.5. The van der Waals surface area contributed by atoms with Gasteiger partial charge >= 0.3 is 0 Å². The number of hydrogen-bond acceptors (Lipinski definition) is 4. The minimum atomic E-state index is -0.229. The molecule has 1 heterocycles. The molecule has 1 fully saturated rings. The average Bonchev–Trinajstić information content (AvgIpc) is 2.64. The Morgan fingerprint density at radius 2 is 1.92 bits per heavy atom. The van der Waals surface area contributed by atoms with Crippen LogP contribution < -0.4 is 10.2 Å². The van der Waals surface area contributed by atoms with Crippen molar-refractivity contribution in [1.29, 1.82) is 0 Å². The zero-order valence-corrected chi connectivity index (χ0v) is 17.5. The van der Waals surface area contributed by atoms with Crippen LogP contribution in [0, 0.1) is 0 Å². The molecule has 138 valence electrons. The number of halogens is 2. The van der Waals surface area contributed by atoms with Crippen LogP contribution in [-0.2, 0) is 9.53 Å². The zero-order valence-electron chi connectivity index (χ0n) is 14.4. The minimum Gasteiger partial charge on any atom is -0.378 e. The smallest absolute Gasteiger partial charge is 0.237 e. The molecule has 1 aliphatic heterocycles. The van der Waals surface area contributed by atoms with Gasteiger partial charge in [-0.3, -0.25) is 4.79 Å². The van der Waals surface area contributed by atoms with Crippen molar-refractivity contribution in [3.8, 4) is 0 Å². The Labute approximate surface area is 171 Å². The fraction of sp³-hybridized carbons (Fsp3) is 0.316. The molecule has 0 spiro atoms. The Kier molecular flexibility index (Phi) is 6.86. The molecule has 1 N–H and O–H groups in total. The molecule has 0 aromatic heterocycles. The fourth-order valence-electron chi connectivity index (χ4n) is 2.69. The van der Waals surface area contributed by atoms with E-state index in [-0.39, 0.29) is 11.2 Å². The zero-order chi connectivity index (χ0) is 18.5. The van der Waals surface area contributed by atoms with E-state index in [0.29, 0.717) is 18.2 Å². The molecular weight excluding hydrogens is 436 g/mol. The summed E-state index contributed by atoms with van der Waals surface area (Å²) in [5.41, 5.74) is 1.84. The summed E-state index contributed by atoms with van der Waals surface area (Å²) in [5.74, 6) is -0.0300. The number of thioether (sulfide) groups is 1. The Hall–Kier alpha value is -1.21. The lowest BCUT2D eigenvalue weighted by atomic mass is 10.2. The molecule has 3 rings (SSSR count). The summed E-state index contributed by atoms with van der Waals surface area (Å²) in [6, 6.07) is 13.5. The number of carbonyl (C=O) groups excluding carboxylic acids is 1. The van der Waals surface area contributed by atoms with Crippen LogP contribution in [0.5, 0.6) is 0 Å². The lowest BCUT2D eigenvalue weighted by Gasteiger charge is -2.30. The monoisotopic (exact) mass is 454 g/mol. The Balaban J connectivity index is 1.71. The van der Waals surface area contributed by atoms with Gasteiger partial charge < -0.3 is 15.0 Å². The number of nitrogens with one attached hydrogen (secondary N) is 1. The van der Waals surface area contributed by atoms with Crippen molar-refractivity contribution in [3.63, 3.8) is 0 Å². The number of anilines is 2. The molecule has 4 nitrogen and oxygen atoms in total. The van der Waals surface area contributed by atoms with Gasteiger partial charge in [0.15, 0.2) is 0 Å². The second-order valence-electron chi connectivity index (χ2n) is 5.96. The normalized spacial score (nSPS) is 15.6. The summed E-state index contributed by atoms with van der Waals surface area (Å²) >= 11 is 10.9. The van der Waals surface area contributed by atoms with Gasteiger partial charge in [-0.1, -0.05) is 27.5 Å². The van der Waals surface area contributed by atoms with Crippen LogP contribution in [0.15, 0.2) is 51.8 Å². The maximum Gasteiger partial charge on any atom is 0.237 e. The van der Waals surface area contributed by atoms with E-state index in [0.717, 1.165) is 33.8 Å². The van der Waals surface area contributed by atoms with E-state index in [4.69, 9.17) is 16.3 Å². The van der Waals surface area contributed by atoms with Crippen molar-refractivity contribution in [1.82, 2.24) is 0 Å². The van der Waals surface area contributed by atoms with Gasteiger partial charge in [-0.25, -0.2) is 0 Å². The highest BCUT2D eigenvalue weighted by Gasteiger charge is 2.19. The SMILES string of the molecule is CC(Sc1ccc(Cl)cc1)C(=O)Nc1cc(Br)ccc1N1CCOCC1. The van der Waals surface area contributed by atoms with Gasteiger partial charge in [-0.2, -0.15) is 0 Å². The van der Waals surface area contributed by atoms with E-state index in [9.17, 15) is 4.79 Å². The van der Waals surface area contributed by atoms with Crippen LogP contribution in [0.3, 0.4) is 0 Å². The second-order valence-corrected chi connectivity index (χ2v) is 8.73. The number of carbonyl (C=O) groups is 1. The van der Waals surface area contributed by atoms with E-state index in [1.54, 1.807) is 0 Å². The molecule has 2 aromatic carbocycles. The Bertz CT molecular complexity index is 767. The minimum absolute atomic E-state index is 0.0300. The van der Waals surface area contributed by atoms with E-state index in [1.165, 1.54) is 11.8 Å². The van der Waals surface area contributed by atoms with Crippen LogP contribution in [0.25, 0.3) is 0 Å². The molecule has 1 aliphatic rings. The van der Waals surface area contributed by atoms with Crippen LogP contribution in [0.4, 0.5) is 11.4 Å². The van der Waals surface area contributed by atoms with Crippen molar-refractivity contribution >= 4 is 56.6 Å². The van der Waals surface area contributed by atoms with Gasteiger partial charge in [0.1, 0.15) is 0 Å². The highest BCUT2D eigenvalue weighted by atomic mass is 79.9. The predicted molar refractivity (Wildman–Crippen MR) is 113 cm³/mol. The van der Waals surface area contributed by atoms with Crippen molar-refractivity contribution in [2.75, 3.05) is 36.5 Å². The number of rotatable bonds is 5. The molecule has 7 heteroatoms. The maximum atomic E-state index is 12.7. The van der Waals surface area contributed by atoms with Gasteiger partial charge in [0, 0.05) is 27.5 Å². The predicted octanol–water partition coefficient (Wildman–Crippen LogP) is 5.06. The molecule has 0 aliphatic carbocycles. The largest absolute Gasteiger partial charge is 0.378 e. The fourth-order valence-corrected chi connectivity index (χ4v) is 4.05. The number of amides is 1. The van der Waals surface area contributed by atoms with Crippen LogP contribution in [0.2, 0.25) is 5.02 Å². The standard InChI is InChI=1S/C19H20BrClN2O2S/c1-13(26-16-5-3-15(21)4-6-16)19(24)22-17-12-14(20)2-7-18(17)23-8-10-25-11-9-23/h2-7,12-13H,8-11H2,1H3,(H,22,24). The number of ether oxygens (including phenoxy) is 1. The molecule has 0 bridgehead atoms. The number of morpholine rings is 1. The third kappa shape index (κ3) is 5.16. The van der Waals surface area contributed by atoms with E-state index in [2.05, 4.69) is 26.1 Å².